The Hall–Kier alpha value is -1.02. The second-order valence-corrected chi connectivity index (χ2v) is 8.03. The second-order valence-electron chi connectivity index (χ2n) is 6.78. The zero-order chi connectivity index (χ0) is 17.0. The minimum atomic E-state index is -0.748. The topological polar surface area (TPSA) is 59.0 Å². The molecule has 1 aromatic rings. The summed E-state index contributed by atoms with van der Waals surface area (Å²) >= 11 is 2.22. The molecule has 23 heavy (non-hydrogen) atoms. The lowest BCUT2D eigenvalue weighted by molar-refractivity contribution is 0.00712. The van der Waals surface area contributed by atoms with Crippen LogP contribution in [0.25, 0.3) is 0 Å². The zero-order valence-electron chi connectivity index (χ0n) is 13.8. The SMILES string of the molecule is CC(C)(C)OC(=O)N(CC(O)COc1ccc(I)cc1)C1CC1. The van der Waals surface area contributed by atoms with Gasteiger partial charge in [-0.05, 0) is 80.5 Å². The van der Waals surface area contributed by atoms with E-state index in [0.29, 0.717) is 5.75 Å². The molecule has 1 amide bonds. The number of carbonyl (C=O) groups is 1. The number of ether oxygens (including phenoxy) is 2. The molecule has 0 bridgehead atoms. The molecule has 0 aliphatic heterocycles. The van der Waals surface area contributed by atoms with Crippen molar-refractivity contribution in [2.24, 2.45) is 0 Å². The molecule has 1 atom stereocenters. The number of rotatable bonds is 6. The Bertz CT molecular complexity index is 522. The van der Waals surface area contributed by atoms with Gasteiger partial charge in [0.2, 0.25) is 0 Å². The minimum Gasteiger partial charge on any atom is -0.491 e. The van der Waals surface area contributed by atoms with Gasteiger partial charge in [-0.25, -0.2) is 4.79 Å². The fourth-order valence-corrected chi connectivity index (χ4v) is 2.44. The fourth-order valence-electron chi connectivity index (χ4n) is 2.08. The third-order valence-corrected chi connectivity index (χ3v) is 4.00. The number of nitrogens with zero attached hydrogens (tertiary/aromatic N) is 1. The van der Waals surface area contributed by atoms with Gasteiger partial charge in [-0.2, -0.15) is 0 Å². The van der Waals surface area contributed by atoms with Crippen LogP contribution >= 0.6 is 22.6 Å². The number of amides is 1. The third kappa shape index (κ3) is 6.55. The Morgan fingerprint density at radius 1 is 1.35 bits per heavy atom. The van der Waals surface area contributed by atoms with E-state index in [1.165, 1.54) is 0 Å². The molecule has 0 heterocycles. The number of hydrogen-bond acceptors (Lipinski definition) is 4. The molecule has 0 radical (unpaired) electrons. The lowest BCUT2D eigenvalue weighted by atomic mass is 10.2. The van der Waals surface area contributed by atoms with Crippen LogP contribution in [0.3, 0.4) is 0 Å². The van der Waals surface area contributed by atoms with Gasteiger partial charge in [0.15, 0.2) is 0 Å². The Morgan fingerprint density at radius 3 is 2.48 bits per heavy atom. The summed E-state index contributed by atoms with van der Waals surface area (Å²) in [5.41, 5.74) is -0.535. The van der Waals surface area contributed by atoms with E-state index in [0.717, 1.165) is 16.4 Å². The number of halogens is 1. The summed E-state index contributed by atoms with van der Waals surface area (Å²) in [7, 11) is 0. The van der Waals surface area contributed by atoms with Crippen LogP contribution in [-0.2, 0) is 4.74 Å². The largest absolute Gasteiger partial charge is 0.491 e. The van der Waals surface area contributed by atoms with Gasteiger partial charge in [0.05, 0.1) is 6.54 Å². The quantitative estimate of drug-likeness (QED) is 0.699. The highest BCUT2D eigenvalue weighted by atomic mass is 127. The molecule has 1 aliphatic rings. The molecule has 0 aromatic heterocycles. The van der Waals surface area contributed by atoms with Crippen molar-refractivity contribution in [3.8, 4) is 5.75 Å². The number of hydrogen-bond donors (Lipinski definition) is 1. The van der Waals surface area contributed by atoms with E-state index < -0.39 is 11.7 Å². The van der Waals surface area contributed by atoms with Crippen LogP contribution in [0.5, 0.6) is 5.75 Å². The van der Waals surface area contributed by atoms with E-state index in [1.807, 2.05) is 45.0 Å². The van der Waals surface area contributed by atoms with Crippen molar-refractivity contribution < 1.29 is 19.4 Å². The van der Waals surface area contributed by atoms with E-state index in [9.17, 15) is 9.90 Å². The summed E-state index contributed by atoms with van der Waals surface area (Å²) in [5, 5.41) is 10.2. The molecule has 0 saturated heterocycles. The van der Waals surface area contributed by atoms with Crippen LogP contribution in [0.15, 0.2) is 24.3 Å². The van der Waals surface area contributed by atoms with Crippen molar-refractivity contribution in [2.45, 2.75) is 51.4 Å². The molecule has 1 N–H and O–H groups in total. The Kier molecular flexibility index (Phi) is 6.13. The molecule has 6 heteroatoms. The monoisotopic (exact) mass is 433 g/mol. The van der Waals surface area contributed by atoms with E-state index in [1.54, 1.807) is 4.90 Å². The lowest BCUT2D eigenvalue weighted by Gasteiger charge is -2.28. The standard InChI is InChI=1S/C17H24INO4/c1-17(2,3)23-16(21)19(13-6-7-13)10-14(20)11-22-15-8-4-12(18)5-9-15/h4-5,8-9,13-14,20H,6-7,10-11H2,1-3H3. The van der Waals surface area contributed by atoms with Crippen LogP contribution in [-0.4, -0.2) is 47.0 Å². The summed E-state index contributed by atoms with van der Waals surface area (Å²) in [4.78, 5) is 13.9. The minimum absolute atomic E-state index is 0.145. The molecule has 1 saturated carbocycles. The molecule has 1 unspecified atom stereocenters. The van der Waals surface area contributed by atoms with Gasteiger partial charge in [-0.15, -0.1) is 0 Å². The van der Waals surface area contributed by atoms with Gasteiger partial charge in [-0.1, -0.05) is 0 Å². The summed E-state index contributed by atoms with van der Waals surface area (Å²) in [5.74, 6) is 0.708. The number of benzene rings is 1. The van der Waals surface area contributed by atoms with Crippen molar-refractivity contribution in [1.29, 1.82) is 0 Å². The van der Waals surface area contributed by atoms with Crippen molar-refractivity contribution in [3.63, 3.8) is 0 Å². The molecule has 0 spiro atoms. The summed E-state index contributed by atoms with van der Waals surface area (Å²) in [6, 6.07) is 7.79. The van der Waals surface area contributed by atoms with E-state index in [4.69, 9.17) is 9.47 Å². The molecular weight excluding hydrogens is 409 g/mol. The third-order valence-electron chi connectivity index (χ3n) is 3.28. The predicted octanol–water partition coefficient (Wildman–Crippen LogP) is 3.43. The van der Waals surface area contributed by atoms with Crippen molar-refractivity contribution in [3.05, 3.63) is 27.8 Å². The Morgan fingerprint density at radius 2 is 1.96 bits per heavy atom. The smallest absolute Gasteiger partial charge is 0.410 e. The molecule has 1 aromatic carbocycles. The van der Waals surface area contributed by atoms with Gasteiger partial charge >= 0.3 is 6.09 Å². The molecule has 2 rings (SSSR count). The maximum atomic E-state index is 12.2. The Balaban J connectivity index is 1.84. The van der Waals surface area contributed by atoms with Crippen LogP contribution in [0, 0.1) is 3.57 Å². The molecule has 1 fully saturated rings. The van der Waals surface area contributed by atoms with Crippen LogP contribution in [0.1, 0.15) is 33.6 Å². The van der Waals surface area contributed by atoms with Crippen molar-refractivity contribution >= 4 is 28.7 Å². The summed E-state index contributed by atoms with van der Waals surface area (Å²) in [6.45, 7) is 5.89. The highest BCUT2D eigenvalue weighted by Crippen LogP contribution is 2.28. The maximum Gasteiger partial charge on any atom is 0.410 e. The van der Waals surface area contributed by atoms with Gasteiger partial charge in [0.25, 0.3) is 0 Å². The fraction of sp³-hybridized carbons (Fsp3) is 0.588. The molecular formula is C17H24INO4. The van der Waals surface area contributed by atoms with Gasteiger partial charge in [-0.3, -0.25) is 0 Å². The second kappa shape index (κ2) is 7.70. The van der Waals surface area contributed by atoms with Crippen molar-refractivity contribution in [2.75, 3.05) is 13.2 Å². The van der Waals surface area contributed by atoms with Crippen LogP contribution in [0.2, 0.25) is 0 Å². The van der Waals surface area contributed by atoms with Crippen molar-refractivity contribution in [1.82, 2.24) is 4.90 Å². The van der Waals surface area contributed by atoms with E-state index >= 15 is 0 Å². The average molecular weight is 433 g/mol. The first-order valence-electron chi connectivity index (χ1n) is 7.80. The highest BCUT2D eigenvalue weighted by Gasteiger charge is 2.36. The first kappa shape index (κ1) is 18.3. The lowest BCUT2D eigenvalue weighted by Crippen LogP contribution is -2.43. The van der Waals surface area contributed by atoms with Gasteiger partial charge in [0, 0.05) is 9.61 Å². The Labute approximate surface area is 151 Å². The van der Waals surface area contributed by atoms with Gasteiger partial charge in [0.1, 0.15) is 24.1 Å². The van der Waals surface area contributed by atoms with E-state index in [2.05, 4.69) is 22.6 Å². The summed E-state index contributed by atoms with van der Waals surface area (Å²) < 4.78 is 12.1. The zero-order valence-corrected chi connectivity index (χ0v) is 15.9. The summed E-state index contributed by atoms with van der Waals surface area (Å²) in [6.07, 6.45) is 0.809. The normalized spacial score (nSPS) is 15.9. The van der Waals surface area contributed by atoms with E-state index in [-0.39, 0.29) is 25.3 Å². The average Bonchev–Trinajstić information content (AvgIpc) is 3.26. The number of carbonyl (C=O) groups excluding carboxylic acids is 1. The highest BCUT2D eigenvalue weighted by molar-refractivity contribution is 14.1. The van der Waals surface area contributed by atoms with Gasteiger partial charge < -0.3 is 19.5 Å². The molecule has 5 nitrogen and oxygen atoms in total. The van der Waals surface area contributed by atoms with Crippen LogP contribution < -0.4 is 4.74 Å². The predicted molar refractivity (Wildman–Crippen MR) is 96.6 cm³/mol. The first-order chi connectivity index (χ1) is 10.7. The van der Waals surface area contributed by atoms with Crippen LogP contribution in [0.4, 0.5) is 4.79 Å². The molecule has 1 aliphatic carbocycles. The number of aliphatic hydroxyl groups excluding tert-OH is 1. The number of aliphatic hydroxyl groups is 1. The first-order valence-corrected chi connectivity index (χ1v) is 8.88. The maximum absolute atomic E-state index is 12.2. The molecule has 128 valence electrons.